The van der Waals surface area contributed by atoms with Gasteiger partial charge < -0.3 is 25.0 Å². The van der Waals surface area contributed by atoms with Gasteiger partial charge in [-0.1, -0.05) is 12.1 Å². The summed E-state index contributed by atoms with van der Waals surface area (Å²) >= 11 is 0. The lowest BCUT2D eigenvalue weighted by molar-refractivity contribution is -0.124. The standard InChI is InChI=1S/C30H33N5O5/c1-19-11-22(12-20(2)33-19)30(38)35-10-8-27-26(17-35)34-28(36)7-4-9-32-29(37)23-14-25(16-31-15-23)40-24-6-3-5-21(13-24)18-39-27/h3,5-6,11-16,26-27H,4,7-10,17-18H2,1-2H3,(H,32,37)(H,34,36)/t26-,27-/m0/s1. The Labute approximate surface area is 233 Å². The molecule has 4 heterocycles. The van der Waals surface area contributed by atoms with Gasteiger partial charge in [0.05, 0.1) is 30.5 Å². The van der Waals surface area contributed by atoms with Gasteiger partial charge in [-0.3, -0.25) is 24.4 Å². The van der Waals surface area contributed by atoms with Crippen molar-refractivity contribution in [2.75, 3.05) is 19.6 Å². The molecule has 2 aliphatic rings. The summed E-state index contributed by atoms with van der Waals surface area (Å²) in [6.07, 6.45) is 4.01. The van der Waals surface area contributed by atoms with Crippen LogP contribution in [-0.2, 0) is 16.1 Å². The predicted octanol–water partition coefficient (Wildman–Crippen LogP) is 3.33. The minimum Gasteiger partial charge on any atom is -0.456 e. The minimum atomic E-state index is -0.381. The summed E-state index contributed by atoms with van der Waals surface area (Å²) in [5.74, 6) is 0.506. The summed E-state index contributed by atoms with van der Waals surface area (Å²) in [5.41, 5.74) is 3.42. The van der Waals surface area contributed by atoms with Crippen molar-refractivity contribution in [3.63, 3.8) is 0 Å². The number of likely N-dealkylation sites (tertiary alicyclic amines) is 1. The third kappa shape index (κ3) is 6.81. The van der Waals surface area contributed by atoms with E-state index >= 15 is 0 Å². The number of rotatable bonds is 1. The highest BCUT2D eigenvalue weighted by molar-refractivity contribution is 5.95. The van der Waals surface area contributed by atoms with Crippen molar-refractivity contribution in [1.29, 1.82) is 0 Å². The molecule has 208 valence electrons. The van der Waals surface area contributed by atoms with Crippen LogP contribution in [0.4, 0.5) is 0 Å². The smallest absolute Gasteiger partial charge is 0.254 e. The van der Waals surface area contributed by atoms with Crippen molar-refractivity contribution in [1.82, 2.24) is 25.5 Å². The van der Waals surface area contributed by atoms with Crippen molar-refractivity contribution in [2.24, 2.45) is 0 Å². The molecule has 0 spiro atoms. The van der Waals surface area contributed by atoms with Crippen LogP contribution in [0, 0.1) is 13.8 Å². The van der Waals surface area contributed by atoms with Crippen molar-refractivity contribution in [2.45, 2.75) is 51.9 Å². The fraction of sp³-hybridized carbons (Fsp3) is 0.367. The highest BCUT2D eigenvalue weighted by Crippen LogP contribution is 2.24. The molecule has 0 saturated carbocycles. The molecular weight excluding hydrogens is 510 g/mol. The van der Waals surface area contributed by atoms with E-state index in [1.165, 1.54) is 6.20 Å². The molecule has 2 N–H and O–H groups in total. The number of hydrogen-bond acceptors (Lipinski definition) is 7. The molecule has 5 rings (SSSR count). The van der Waals surface area contributed by atoms with E-state index in [4.69, 9.17) is 9.47 Å². The van der Waals surface area contributed by atoms with Crippen LogP contribution in [0.2, 0.25) is 0 Å². The fourth-order valence-corrected chi connectivity index (χ4v) is 5.06. The zero-order valence-corrected chi connectivity index (χ0v) is 22.7. The van der Waals surface area contributed by atoms with Gasteiger partial charge >= 0.3 is 0 Å². The van der Waals surface area contributed by atoms with Crippen LogP contribution in [-0.4, -0.2) is 64.4 Å². The minimum absolute atomic E-state index is 0.0917. The first-order valence-corrected chi connectivity index (χ1v) is 13.5. The number of nitrogens with zero attached hydrogens (tertiary/aromatic N) is 3. The highest BCUT2D eigenvalue weighted by Gasteiger charge is 2.34. The lowest BCUT2D eigenvalue weighted by atomic mass is 10.00. The third-order valence-corrected chi connectivity index (χ3v) is 6.95. The summed E-state index contributed by atoms with van der Waals surface area (Å²) in [4.78, 5) is 49.1. The molecule has 1 fully saturated rings. The van der Waals surface area contributed by atoms with E-state index in [0.717, 1.165) is 17.0 Å². The van der Waals surface area contributed by atoms with Crippen LogP contribution >= 0.6 is 0 Å². The van der Waals surface area contributed by atoms with Gasteiger partial charge in [-0.05, 0) is 62.6 Å². The predicted molar refractivity (Wildman–Crippen MR) is 147 cm³/mol. The van der Waals surface area contributed by atoms with Crippen molar-refractivity contribution >= 4 is 17.7 Å². The Hall–Kier alpha value is -4.31. The summed E-state index contributed by atoms with van der Waals surface area (Å²) in [6.45, 7) is 5.21. The van der Waals surface area contributed by atoms with Gasteiger partial charge in [-0.25, -0.2) is 0 Å². The first-order valence-electron chi connectivity index (χ1n) is 13.5. The molecule has 0 radical (unpaired) electrons. The zero-order valence-electron chi connectivity index (χ0n) is 22.7. The van der Waals surface area contributed by atoms with E-state index in [1.54, 1.807) is 29.3 Å². The monoisotopic (exact) mass is 543 g/mol. The number of fused-ring (bicyclic) bond motifs is 5. The van der Waals surface area contributed by atoms with Gasteiger partial charge in [0.2, 0.25) is 5.91 Å². The number of carbonyl (C=O) groups excluding carboxylic acids is 3. The highest BCUT2D eigenvalue weighted by atomic mass is 16.5. The maximum atomic E-state index is 13.4. The number of aromatic nitrogens is 2. The van der Waals surface area contributed by atoms with E-state index in [2.05, 4.69) is 20.6 Å². The molecule has 2 atom stereocenters. The maximum Gasteiger partial charge on any atom is 0.254 e. The molecule has 1 saturated heterocycles. The number of ether oxygens (including phenoxy) is 2. The summed E-state index contributed by atoms with van der Waals surface area (Å²) in [5, 5.41) is 5.92. The van der Waals surface area contributed by atoms with Gasteiger partial charge in [0.25, 0.3) is 11.8 Å². The number of carbonyl (C=O) groups is 3. The van der Waals surface area contributed by atoms with Gasteiger partial charge in [0, 0.05) is 49.2 Å². The quantitative estimate of drug-likeness (QED) is 0.483. The Kier molecular flexibility index (Phi) is 8.35. The molecule has 10 heteroatoms. The lowest BCUT2D eigenvalue weighted by Crippen LogP contribution is -2.57. The Morgan fingerprint density at radius 2 is 1.88 bits per heavy atom. The van der Waals surface area contributed by atoms with Gasteiger partial charge in [-0.15, -0.1) is 0 Å². The third-order valence-electron chi connectivity index (χ3n) is 6.95. The number of benzene rings is 1. The first-order chi connectivity index (χ1) is 19.3. The molecule has 0 unspecified atom stereocenters. The largest absolute Gasteiger partial charge is 0.456 e. The normalized spacial score (nSPS) is 20.2. The second-order valence-corrected chi connectivity index (χ2v) is 10.2. The maximum absolute atomic E-state index is 13.4. The van der Waals surface area contributed by atoms with E-state index in [0.29, 0.717) is 61.7 Å². The van der Waals surface area contributed by atoms with E-state index < -0.39 is 0 Å². The fourth-order valence-electron chi connectivity index (χ4n) is 5.06. The summed E-state index contributed by atoms with van der Waals surface area (Å²) < 4.78 is 12.3. The molecule has 0 aliphatic carbocycles. The number of aryl methyl sites for hydroxylation is 2. The Morgan fingerprint density at radius 1 is 1.05 bits per heavy atom. The van der Waals surface area contributed by atoms with Crippen LogP contribution in [0.3, 0.4) is 0 Å². The van der Waals surface area contributed by atoms with Crippen LogP contribution in [0.15, 0.2) is 54.9 Å². The van der Waals surface area contributed by atoms with E-state index in [1.807, 2.05) is 38.1 Å². The number of piperidine rings is 1. The first kappa shape index (κ1) is 27.3. The average Bonchev–Trinajstić information content (AvgIpc) is 2.93. The number of amides is 3. The molecule has 40 heavy (non-hydrogen) atoms. The zero-order chi connectivity index (χ0) is 28.1. The van der Waals surface area contributed by atoms with Crippen LogP contribution in [0.25, 0.3) is 0 Å². The molecule has 1 aromatic carbocycles. The van der Waals surface area contributed by atoms with E-state index in [9.17, 15) is 14.4 Å². The number of hydrogen-bond donors (Lipinski definition) is 2. The molecule has 3 aromatic rings. The van der Waals surface area contributed by atoms with Crippen molar-refractivity contribution < 1.29 is 23.9 Å². The second kappa shape index (κ2) is 12.3. The summed E-state index contributed by atoms with van der Waals surface area (Å²) in [7, 11) is 0. The SMILES string of the molecule is Cc1cc(C(=O)N2CC[C@@H]3OCc4cccc(c4)Oc4cncc(c4)C(=O)NCCCC(=O)N[C@H]3C2)cc(C)n1. The molecule has 10 nitrogen and oxygen atoms in total. The Balaban J connectivity index is 1.35. The average molecular weight is 544 g/mol. The molecule has 2 aromatic heterocycles. The van der Waals surface area contributed by atoms with Crippen molar-refractivity contribution in [3.8, 4) is 11.5 Å². The molecular formula is C30H33N5O5. The number of pyridine rings is 2. The number of nitrogens with one attached hydrogen (secondary N) is 2. The summed E-state index contributed by atoms with van der Waals surface area (Å²) in [6, 6.07) is 12.3. The van der Waals surface area contributed by atoms with Gasteiger partial charge in [-0.2, -0.15) is 0 Å². The van der Waals surface area contributed by atoms with Gasteiger partial charge in [0.1, 0.15) is 11.5 Å². The van der Waals surface area contributed by atoms with Crippen molar-refractivity contribution in [3.05, 3.63) is 82.9 Å². The van der Waals surface area contributed by atoms with E-state index in [-0.39, 0.29) is 36.3 Å². The Morgan fingerprint density at radius 3 is 2.70 bits per heavy atom. The second-order valence-electron chi connectivity index (χ2n) is 10.2. The molecule has 3 amide bonds. The van der Waals surface area contributed by atoms with Crippen LogP contribution < -0.4 is 15.4 Å². The topological polar surface area (TPSA) is 123 Å². The molecule has 4 bridgehead atoms. The molecule has 2 aliphatic heterocycles. The lowest BCUT2D eigenvalue weighted by Gasteiger charge is -2.39. The van der Waals surface area contributed by atoms with Gasteiger partial charge in [0.15, 0.2) is 0 Å². The van der Waals surface area contributed by atoms with Crippen LogP contribution in [0.1, 0.15) is 56.9 Å². The van der Waals surface area contributed by atoms with Crippen LogP contribution in [0.5, 0.6) is 11.5 Å². The Bertz CT molecular complexity index is 1390.